The van der Waals surface area contributed by atoms with E-state index in [1.54, 1.807) is 29.9 Å². The minimum absolute atomic E-state index is 0.155. The van der Waals surface area contributed by atoms with Gasteiger partial charge in [0.15, 0.2) is 0 Å². The zero-order valence-corrected chi connectivity index (χ0v) is 13.6. The molecule has 24 heavy (non-hydrogen) atoms. The number of hydrogen-bond donors (Lipinski definition) is 2. The van der Waals surface area contributed by atoms with Gasteiger partial charge in [0.05, 0.1) is 22.3 Å². The summed E-state index contributed by atoms with van der Waals surface area (Å²) >= 11 is 1.56. The molecule has 0 atom stereocenters. The minimum Gasteiger partial charge on any atom is -0.353 e. The van der Waals surface area contributed by atoms with Crippen LogP contribution in [-0.4, -0.2) is 25.8 Å². The number of pyridine rings is 2. The summed E-state index contributed by atoms with van der Waals surface area (Å²) in [4.78, 5) is 27.8. The van der Waals surface area contributed by atoms with Gasteiger partial charge in [0, 0.05) is 36.5 Å². The number of carbonyl (C=O) groups is 1. The second-order valence-corrected chi connectivity index (χ2v) is 6.12. The van der Waals surface area contributed by atoms with Gasteiger partial charge >= 0.3 is 0 Å². The Morgan fingerprint density at radius 2 is 2.08 bits per heavy atom. The van der Waals surface area contributed by atoms with Crippen LogP contribution < -0.4 is 5.32 Å². The lowest BCUT2D eigenvalue weighted by Crippen LogP contribution is -2.07. The molecule has 0 aromatic carbocycles. The van der Waals surface area contributed by atoms with Crippen LogP contribution in [0.2, 0.25) is 0 Å². The zero-order valence-electron chi connectivity index (χ0n) is 12.8. The van der Waals surface area contributed by atoms with E-state index in [-0.39, 0.29) is 5.91 Å². The van der Waals surface area contributed by atoms with Crippen LogP contribution >= 0.6 is 11.3 Å². The molecule has 4 rings (SSSR count). The molecule has 0 spiro atoms. The largest absolute Gasteiger partial charge is 0.353 e. The van der Waals surface area contributed by atoms with Crippen molar-refractivity contribution in [3.05, 3.63) is 48.2 Å². The summed E-state index contributed by atoms with van der Waals surface area (Å²) in [5.74, 6) is 0.356. The number of thiazole rings is 1. The molecule has 0 fully saturated rings. The van der Waals surface area contributed by atoms with Crippen LogP contribution in [0.3, 0.4) is 0 Å². The number of aromatic nitrogens is 4. The number of amides is 1. The van der Waals surface area contributed by atoms with Crippen molar-refractivity contribution >= 4 is 34.1 Å². The topological polar surface area (TPSA) is 83.6 Å². The number of rotatable bonds is 3. The van der Waals surface area contributed by atoms with Gasteiger partial charge in [-0.2, -0.15) is 0 Å². The zero-order chi connectivity index (χ0) is 16.5. The number of anilines is 1. The molecule has 4 heterocycles. The van der Waals surface area contributed by atoms with E-state index < -0.39 is 0 Å². The second kappa shape index (κ2) is 5.86. The number of hydrogen-bond acceptors (Lipinski definition) is 5. The molecule has 7 heteroatoms. The first-order valence-electron chi connectivity index (χ1n) is 7.33. The maximum absolute atomic E-state index is 11.3. The Morgan fingerprint density at radius 3 is 2.88 bits per heavy atom. The number of carbonyl (C=O) groups excluding carboxylic acids is 1. The molecule has 0 unspecified atom stereocenters. The van der Waals surface area contributed by atoms with Gasteiger partial charge in [-0.1, -0.05) is 0 Å². The van der Waals surface area contributed by atoms with Gasteiger partial charge in [-0.15, -0.1) is 11.3 Å². The molecule has 1 amide bonds. The van der Waals surface area contributed by atoms with Crippen LogP contribution in [0, 0.1) is 0 Å². The van der Waals surface area contributed by atoms with E-state index in [0.717, 1.165) is 32.9 Å². The van der Waals surface area contributed by atoms with E-state index in [1.165, 1.54) is 6.92 Å². The van der Waals surface area contributed by atoms with Crippen molar-refractivity contribution in [3.8, 4) is 21.8 Å². The molecule has 0 saturated carbocycles. The molecule has 0 aliphatic rings. The smallest absolute Gasteiger partial charge is 0.222 e. The molecule has 0 aliphatic heterocycles. The number of nitrogens with zero attached hydrogens (tertiary/aromatic N) is 3. The Labute approximate surface area is 141 Å². The van der Waals surface area contributed by atoms with Gasteiger partial charge in [-0.3, -0.25) is 9.78 Å². The average Bonchev–Trinajstić information content (AvgIpc) is 3.21. The quantitative estimate of drug-likeness (QED) is 0.598. The number of aromatic amines is 1. The maximum Gasteiger partial charge on any atom is 0.222 e. The van der Waals surface area contributed by atoms with Gasteiger partial charge in [-0.25, -0.2) is 9.97 Å². The van der Waals surface area contributed by atoms with Crippen LogP contribution in [0.1, 0.15) is 6.92 Å². The van der Waals surface area contributed by atoms with E-state index >= 15 is 0 Å². The minimum atomic E-state index is -0.155. The Kier molecular flexibility index (Phi) is 3.55. The highest BCUT2D eigenvalue weighted by Crippen LogP contribution is 2.38. The van der Waals surface area contributed by atoms with E-state index in [0.29, 0.717) is 5.82 Å². The Bertz CT molecular complexity index is 1020. The molecule has 6 nitrogen and oxygen atoms in total. The molecule has 0 saturated heterocycles. The molecule has 118 valence electrons. The van der Waals surface area contributed by atoms with Gasteiger partial charge in [0.2, 0.25) is 5.91 Å². The van der Waals surface area contributed by atoms with Crippen molar-refractivity contribution in [2.24, 2.45) is 0 Å². The van der Waals surface area contributed by atoms with Gasteiger partial charge in [-0.05, 0) is 24.3 Å². The fraction of sp³-hybridized carbons (Fsp3) is 0.0588. The summed E-state index contributed by atoms with van der Waals surface area (Å²) < 4.78 is 0. The van der Waals surface area contributed by atoms with E-state index in [1.807, 2.05) is 29.6 Å². The Balaban J connectivity index is 1.94. The highest BCUT2D eigenvalue weighted by atomic mass is 32.1. The highest BCUT2D eigenvalue weighted by Gasteiger charge is 2.18. The third-order valence-electron chi connectivity index (χ3n) is 3.55. The maximum atomic E-state index is 11.3. The highest BCUT2D eigenvalue weighted by molar-refractivity contribution is 7.13. The van der Waals surface area contributed by atoms with Crippen molar-refractivity contribution in [2.75, 3.05) is 5.32 Å². The fourth-order valence-electron chi connectivity index (χ4n) is 2.63. The Hall–Kier alpha value is -3.06. The second-order valence-electron chi connectivity index (χ2n) is 5.22. The van der Waals surface area contributed by atoms with Crippen molar-refractivity contribution in [2.45, 2.75) is 6.92 Å². The third kappa shape index (κ3) is 2.55. The van der Waals surface area contributed by atoms with E-state index in [2.05, 4.69) is 25.3 Å². The van der Waals surface area contributed by atoms with Crippen LogP contribution in [-0.2, 0) is 4.79 Å². The standard InChI is InChI=1S/C17H13N5OS/c1-10(23)21-13-9-11(4-6-18-13)15-14(17-20-7-8-24-17)16-12(22-15)3-2-5-19-16/h2-9,22H,1H3,(H,18,21,23). The SMILES string of the molecule is CC(=O)Nc1cc(-c2[nH]c3cccnc3c2-c2nccs2)ccn1. The van der Waals surface area contributed by atoms with Crippen molar-refractivity contribution in [1.29, 1.82) is 0 Å². The van der Waals surface area contributed by atoms with Crippen molar-refractivity contribution < 1.29 is 4.79 Å². The van der Waals surface area contributed by atoms with Crippen LogP contribution in [0.5, 0.6) is 0 Å². The normalized spacial score (nSPS) is 10.9. The molecule has 0 bridgehead atoms. The third-order valence-corrected chi connectivity index (χ3v) is 4.34. The first-order chi connectivity index (χ1) is 11.7. The molecule has 4 aromatic heterocycles. The monoisotopic (exact) mass is 335 g/mol. The van der Waals surface area contributed by atoms with Crippen molar-refractivity contribution in [3.63, 3.8) is 0 Å². The molecule has 2 N–H and O–H groups in total. The lowest BCUT2D eigenvalue weighted by Gasteiger charge is -2.05. The summed E-state index contributed by atoms with van der Waals surface area (Å²) in [7, 11) is 0. The number of fused-ring (bicyclic) bond motifs is 1. The summed E-state index contributed by atoms with van der Waals surface area (Å²) in [5, 5.41) is 5.55. The number of H-pyrrole nitrogens is 1. The van der Waals surface area contributed by atoms with Crippen LogP contribution in [0.25, 0.3) is 32.9 Å². The van der Waals surface area contributed by atoms with Crippen LogP contribution in [0.15, 0.2) is 48.2 Å². The first kappa shape index (κ1) is 14.5. The molecule has 0 aliphatic carbocycles. The summed E-state index contributed by atoms with van der Waals surface area (Å²) in [5.41, 5.74) is 4.60. The Morgan fingerprint density at radius 1 is 1.17 bits per heavy atom. The average molecular weight is 335 g/mol. The summed E-state index contributed by atoms with van der Waals surface area (Å²) in [6.45, 7) is 1.46. The molecular weight excluding hydrogens is 322 g/mol. The van der Waals surface area contributed by atoms with Gasteiger partial charge < -0.3 is 10.3 Å². The van der Waals surface area contributed by atoms with E-state index in [9.17, 15) is 4.79 Å². The fourth-order valence-corrected chi connectivity index (χ4v) is 3.32. The van der Waals surface area contributed by atoms with E-state index in [4.69, 9.17) is 0 Å². The predicted molar refractivity (Wildman–Crippen MR) is 94.7 cm³/mol. The van der Waals surface area contributed by atoms with Crippen LogP contribution in [0.4, 0.5) is 5.82 Å². The molecule has 0 radical (unpaired) electrons. The molecule has 4 aromatic rings. The summed E-state index contributed by atoms with van der Waals surface area (Å²) in [6, 6.07) is 7.61. The number of nitrogens with one attached hydrogen (secondary N) is 2. The lowest BCUT2D eigenvalue weighted by molar-refractivity contribution is -0.114. The molecular formula is C17H13N5OS. The first-order valence-corrected chi connectivity index (χ1v) is 8.21. The van der Waals surface area contributed by atoms with Gasteiger partial charge in [0.25, 0.3) is 0 Å². The van der Waals surface area contributed by atoms with Crippen molar-refractivity contribution in [1.82, 2.24) is 19.9 Å². The predicted octanol–water partition coefficient (Wildman–Crippen LogP) is 3.71. The van der Waals surface area contributed by atoms with Gasteiger partial charge in [0.1, 0.15) is 10.8 Å². The summed E-state index contributed by atoms with van der Waals surface area (Å²) in [6.07, 6.45) is 5.22. The lowest BCUT2D eigenvalue weighted by atomic mass is 10.1.